The lowest BCUT2D eigenvalue weighted by molar-refractivity contribution is 0.300. The molecule has 0 radical (unpaired) electrons. The van der Waals surface area contributed by atoms with Crippen LogP contribution in [-0.4, -0.2) is 37.7 Å². The fourth-order valence-corrected chi connectivity index (χ4v) is 2.69. The highest BCUT2D eigenvalue weighted by Crippen LogP contribution is 2.30. The number of nitrogens with zero attached hydrogens (tertiary/aromatic N) is 1. The Balaban J connectivity index is 2.07. The number of hydrogen-bond acceptors (Lipinski definition) is 3. The Bertz CT molecular complexity index is 397. The summed E-state index contributed by atoms with van der Waals surface area (Å²) in [7, 11) is 2.03. The van der Waals surface area contributed by atoms with Gasteiger partial charge in [-0.25, -0.2) is 0 Å². The van der Waals surface area contributed by atoms with Crippen LogP contribution < -0.4 is 10.1 Å². The Morgan fingerprint density at radius 1 is 1.50 bits per heavy atom. The maximum atomic E-state index is 6.19. The van der Waals surface area contributed by atoms with Crippen molar-refractivity contribution in [1.82, 2.24) is 10.2 Å². The summed E-state index contributed by atoms with van der Waals surface area (Å²) in [4.78, 5) is 2.44. The van der Waals surface area contributed by atoms with Crippen molar-refractivity contribution >= 4 is 11.6 Å². The Kier molecular flexibility index (Phi) is 4.87. The summed E-state index contributed by atoms with van der Waals surface area (Å²) < 4.78 is 5.66. The molecule has 0 bridgehead atoms. The van der Waals surface area contributed by atoms with Gasteiger partial charge in [-0.05, 0) is 26.5 Å². The van der Waals surface area contributed by atoms with Crippen LogP contribution in [0.4, 0.5) is 0 Å². The third kappa shape index (κ3) is 3.16. The Labute approximate surface area is 114 Å². The fourth-order valence-electron chi connectivity index (χ4n) is 2.44. The van der Waals surface area contributed by atoms with E-state index in [1.165, 1.54) is 12.0 Å². The van der Waals surface area contributed by atoms with E-state index >= 15 is 0 Å². The minimum Gasteiger partial charge on any atom is -0.492 e. The Morgan fingerprint density at radius 2 is 2.33 bits per heavy atom. The molecule has 0 aliphatic carbocycles. The average Bonchev–Trinajstić information content (AvgIpc) is 2.81. The first-order valence-corrected chi connectivity index (χ1v) is 6.92. The van der Waals surface area contributed by atoms with Crippen molar-refractivity contribution in [2.45, 2.75) is 25.9 Å². The zero-order chi connectivity index (χ0) is 13.0. The van der Waals surface area contributed by atoms with Gasteiger partial charge in [0.05, 0.1) is 11.6 Å². The predicted molar refractivity (Wildman–Crippen MR) is 75.4 cm³/mol. The molecule has 1 atom stereocenters. The van der Waals surface area contributed by atoms with Crippen LogP contribution >= 0.6 is 11.6 Å². The molecule has 1 fully saturated rings. The number of ether oxygens (including phenoxy) is 1. The van der Waals surface area contributed by atoms with Gasteiger partial charge in [-0.3, -0.25) is 4.90 Å². The summed E-state index contributed by atoms with van der Waals surface area (Å²) in [5, 5.41) is 4.04. The molecule has 3 nitrogen and oxygen atoms in total. The highest BCUT2D eigenvalue weighted by molar-refractivity contribution is 6.32. The molecule has 2 rings (SSSR count). The maximum absolute atomic E-state index is 6.19. The number of halogens is 1. The summed E-state index contributed by atoms with van der Waals surface area (Å²) in [6.45, 7) is 5.77. The monoisotopic (exact) mass is 268 g/mol. The third-order valence-corrected chi connectivity index (χ3v) is 3.71. The molecule has 0 saturated carbocycles. The van der Waals surface area contributed by atoms with Gasteiger partial charge in [0.2, 0.25) is 0 Å². The Morgan fingerprint density at radius 3 is 3.00 bits per heavy atom. The van der Waals surface area contributed by atoms with Crippen LogP contribution in [0.1, 0.15) is 18.9 Å². The SMILES string of the molecule is CCOc1c(Cl)cccc1CN1CCC(NC)C1. The van der Waals surface area contributed by atoms with E-state index in [1.54, 1.807) is 0 Å². The van der Waals surface area contributed by atoms with Crippen molar-refractivity contribution in [1.29, 1.82) is 0 Å². The van der Waals surface area contributed by atoms with Crippen molar-refractivity contribution in [3.8, 4) is 5.75 Å². The molecule has 1 saturated heterocycles. The molecule has 18 heavy (non-hydrogen) atoms. The molecule has 0 aromatic heterocycles. The minimum atomic E-state index is 0.611. The second-order valence-corrected chi connectivity index (χ2v) is 5.08. The van der Waals surface area contributed by atoms with Crippen molar-refractivity contribution in [2.75, 3.05) is 26.7 Å². The van der Waals surface area contributed by atoms with Crippen LogP contribution in [0.25, 0.3) is 0 Å². The number of para-hydroxylation sites is 1. The molecule has 1 heterocycles. The normalized spacial score (nSPS) is 20.3. The van der Waals surface area contributed by atoms with Crippen molar-refractivity contribution in [2.24, 2.45) is 0 Å². The smallest absolute Gasteiger partial charge is 0.142 e. The van der Waals surface area contributed by atoms with Gasteiger partial charge in [-0.1, -0.05) is 23.7 Å². The molecular formula is C14H21ClN2O. The van der Waals surface area contributed by atoms with Crippen LogP contribution in [0.2, 0.25) is 5.02 Å². The van der Waals surface area contributed by atoms with Gasteiger partial charge in [0, 0.05) is 31.2 Å². The van der Waals surface area contributed by atoms with Crippen molar-refractivity contribution < 1.29 is 4.74 Å². The largest absolute Gasteiger partial charge is 0.492 e. The first-order valence-electron chi connectivity index (χ1n) is 6.54. The van der Waals surface area contributed by atoms with Crippen LogP contribution in [0.5, 0.6) is 5.75 Å². The lowest BCUT2D eigenvalue weighted by atomic mass is 10.2. The molecule has 1 unspecified atom stereocenters. The highest BCUT2D eigenvalue weighted by atomic mass is 35.5. The summed E-state index contributed by atoms with van der Waals surface area (Å²) in [6, 6.07) is 6.59. The molecule has 4 heteroatoms. The zero-order valence-corrected chi connectivity index (χ0v) is 11.8. The minimum absolute atomic E-state index is 0.611. The second-order valence-electron chi connectivity index (χ2n) is 4.67. The highest BCUT2D eigenvalue weighted by Gasteiger charge is 2.22. The summed E-state index contributed by atoms with van der Waals surface area (Å²) in [5.74, 6) is 0.842. The van der Waals surface area contributed by atoms with E-state index in [4.69, 9.17) is 16.3 Å². The number of benzene rings is 1. The second kappa shape index (κ2) is 6.41. The van der Waals surface area contributed by atoms with E-state index in [2.05, 4.69) is 16.3 Å². The van der Waals surface area contributed by atoms with Gasteiger partial charge in [-0.15, -0.1) is 0 Å². The predicted octanol–water partition coefficient (Wildman–Crippen LogP) is 2.53. The van der Waals surface area contributed by atoms with Gasteiger partial charge in [0.1, 0.15) is 5.75 Å². The lowest BCUT2D eigenvalue weighted by Crippen LogP contribution is -2.29. The number of likely N-dealkylation sites (N-methyl/N-ethyl adjacent to an activating group) is 1. The maximum Gasteiger partial charge on any atom is 0.142 e. The molecule has 1 aliphatic heterocycles. The quantitative estimate of drug-likeness (QED) is 0.888. The van der Waals surface area contributed by atoms with Gasteiger partial charge >= 0.3 is 0 Å². The van der Waals surface area contributed by atoms with E-state index < -0.39 is 0 Å². The van der Waals surface area contributed by atoms with Gasteiger partial charge in [0.25, 0.3) is 0 Å². The molecule has 1 aromatic carbocycles. The van der Waals surface area contributed by atoms with E-state index in [9.17, 15) is 0 Å². The van der Waals surface area contributed by atoms with E-state index in [1.807, 2.05) is 26.1 Å². The lowest BCUT2D eigenvalue weighted by Gasteiger charge is -2.19. The molecule has 100 valence electrons. The average molecular weight is 269 g/mol. The van der Waals surface area contributed by atoms with Crippen LogP contribution in [0.3, 0.4) is 0 Å². The summed E-state index contributed by atoms with van der Waals surface area (Å²) >= 11 is 6.19. The number of nitrogens with one attached hydrogen (secondary N) is 1. The molecular weight excluding hydrogens is 248 g/mol. The summed E-state index contributed by atoms with van der Waals surface area (Å²) in [5.41, 5.74) is 1.18. The van der Waals surface area contributed by atoms with Gasteiger partial charge < -0.3 is 10.1 Å². The van der Waals surface area contributed by atoms with Crippen molar-refractivity contribution in [3.05, 3.63) is 28.8 Å². The van der Waals surface area contributed by atoms with Gasteiger partial charge in [-0.2, -0.15) is 0 Å². The topological polar surface area (TPSA) is 24.5 Å². The van der Waals surface area contributed by atoms with Crippen LogP contribution in [0, 0.1) is 0 Å². The first kappa shape index (κ1) is 13.7. The molecule has 1 aromatic rings. The van der Waals surface area contributed by atoms with E-state index in [0.717, 1.165) is 25.4 Å². The van der Waals surface area contributed by atoms with E-state index in [0.29, 0.717) is 17.7 Å². The first-order chi connectivity index (χ1) is 8.74. The molecule has 1 N–H and O–H groups in total. The molecule has 0 amide bonds. The molecule has 0 spiro atoms. The number of rotatable bonds is 5. The van der Waals surface area contributed by atoms with Crippen molar-refractivity contribution in [3.63, 3.8) is 0 Å². The number of likely N-dealkylation sites (tertiary alicyclic amines) is 1. The third-order valence-electron chi connectivity index (χ3n) is 3.41. The van der Waals surface area contributed by atoms with Gasteiger partial charge in [0.15, 0.2) is 0 Å². The molecule has 1 aliphatic rings. The zero-order valence-electron chi connectivity index (χ0n) is 11.1. The fraction of sp³-hybridized carbons (Fsp3) is 0.571. The summed E-state index contributed by atoms with van der Waals surface area (Å²) in [6.07, 6.45) is 1.21. The van der Waals surface area contributed by atoms with Crippen LogP contribution in [0.15, 0.2) is 18.2 Å². The number of hydrogen-bond donors (Lipinski definition) is 1. The Hall–Kier alpha value is -0.770. The van der Waals surface area contributed by atoms with Crippen LogP contribution in [-0.2, 0) is 6.54 Å². The van der Waals surface area contributed by atoms with E-state index in [-0.39, 0.29) is 0 Å². The standard InChI is InChI=1S/C14H21ClN2O/c1-3-18-14-11(5-4-6-13(14)15)9-17-8-7-12(10-17)16-2/h4-6,12,16H,3,7-10H2,1-2H3.